The third kappa shape index (κ3) is 3.93. The molecule has 1 fully saturated rings. The van der Waals surface area contributed by atoms with Crippen LogP contribution >= 0.6 is 0 Å². The largest absolute Gasteiger partial charge is 0.497 e. The Bertz CT molecular complexity index is 1230. The van der Waals surface area contributed by atoms with Gasteiger partial charge in [-0.05, 0) is 55.2 Å². The zero-order chi connectivity index (χ0) is 23.4. The third-order valence-electron chi connectivity index (χ3n) is 5.18. The van der Waals surface area contributed by atoms with Gasteiger partial charge in [-0.3, -0.25) is 0 Å². The molecule has 0 bridgehead atoms. The van der Waals surface area contributed by atoms with Crippen molar-refractivity contribution in [1.29, 1.82) is 0 Å². The van der Waals surface area contributed by atoms with Crippen LogP contribution in [0.1, 0.15) is 18.4 Å². The topological polar surface area (TPSA) is 68.3 Å². The van der Waals surface area contributed by atoms with Crippen molar-refractivity contribution in [1.82, 2.24) is 0 Å². The fraction of sp³-hybridized carbons (Fsp3) is 0.333. The fourth-order valence-corrected chi connectivity index (χ4v) is 7.05. The molecule has 13 heteroatoms. The van der Waals surface area contributed by atoms with Crippen LogP contribution in [0, 0.1) is 29.2 Å². The predicted molar refractivity (Wildman–Crippen MR) is 94.1 cm³/mol. The van der Waals surface area contributed by atoms with Gasteiger partial charge in [0.05, 0.1) is 10.6 Å². The van der Waals surface area contributed by atoms with Crippen molar-refractivity contribution in [3.05, 3.63) is 65.2 Å². The molecule has 4 nitrogen and oxygen atoms in total. The second-order valence-electron chi connectivity index (χ2n) is 7.20. The molecule has 3 rings (SSSR count). The van der Waals surface area contributed by atoms with Crippen LogP contribution in [0.3, 0.4) is 0 Å². The molecule has 1 aliphatic carbocycles. The molecule has 1 aliphatic rings. The van der Waals surface area contributed by atoms with Gasteiger partial charge in [0.2, 0.25) is 9.84 Å². The highest BCUT2D eigenvalue weighted by Crippen LogP contribution is 2.55. The number of hydrogen-bond donors (Lipinski definition) is 0. The van der Waals surface area contributed by atoms with E-state index >= 15 is 0 Å². The molecule has 2 aromatic carbocycles. The first kappa shape index (κ1) is 23.5. The third-order valence-corrected chi connectivity index (χ3v) is 9.25. The first-order chi connectivity index (χ1) is 14.1. The fourth-order valence-electron chi connectivity index (χ4n) is 3.70. The molecule has 0 atom stereocenters. The van der Waals surface area contributed by atoms with Gasteiger partial charge in [0.15, 0.2) is 21.5 Å². The molecule has 0 N–H and O–H groups in total. The summed E-state index contributed by atoms with van der Waals surface area (Å²) in [4.78, 5) is -0.813. The van der Waals surface area contributed by atoms with Crippen LogP contribution in [-0.2, 0) is 24.4 Å². The van der Waals surface area contributed by atoms with Crippen molar-refractivity contribution in [2.75, 3.05) is 5.75 Å². The molecular formula is C18H13F7O4S2. The number of benzene rings is 2. The molecule has 0 aromatic heterocycles. The Morgan fingerprint density at radius 3 is 1.97 bits per heavy atom. The zero-order valence-corrected chi connectivity index (χ0v) is 16.9. The van der Waals surface area contributed by atoms with Crippen molar-refractivity contribution in [2.45, 2.75) is 28.0 Å². The van der Waals surface area contributed by atoms with Crippen molar-refractivity contribution in [3.63, 3.8) is 0 Å². The molecule has 0 heterocycles. The Kier molecular flexibility index (Phi) is 5.66. The number of hydrogen-bond acceptors (Lipinski definition) is 4. The summed E-state index contributed by atoms with van der Waals surface area (Å²) in [6.45, 7) is 0. The van der Waals surface area contributed by atoms with Crippen LogP contribution in [0.15, 0.2) is 41.3 Å². The average molecular weight is 490 g/mol. The van der Waals surface area contributed by atoms with Crippen LogP contribution in [0.4, 0.5) is 30.7 Å². The van der Waals surface area contributed by atoms with Crippen LogP contribution in [0.5, 0.6) is 0 Å². The molecule has 31 heavy (non-hydrogen) atoms. The lowest BCUT2D eigenvalue weighted by Gasteiger charge is -2.47. The molecule has 0 saturated heterocycles. The van der Waals surface area contributed by atoms with Gasteiger partial charge in [0.1, 0.15) is 16.4 Å². The summed E-state index contributed by atoms with van der Waals surface area (Å²) in [6, 6.07) is 3.28. The molecule has 0 amide bonds. The highest BCUT2D eigenvalue weighted by atomic mass is 32.2. The number of alkyl halides is 3. The monoisotopic (exact) mass is 490 g/mol. The van der Waals surface area contributed by atoms with E-state index in [0.29, 0.717) is 36.4 Å². The highest BCUT2D eigenvalue weighted by Gasteiger charge is 2.59. The predicted octanol–water partition coefficient (Wildman–Crippen LogP) is 4.26. The molecule has 0 spiro atoms. The second kappa shape index (κ2) is 7.47. The van der Waals surface area contributed by atoms with E-state index < -0.39 is 88.2 Å². The van der Waals surface area contributed by atoms with E-state index in [4.69, 9.17) is 0 Å². The van der Waals surface area contributed by atoms with Gasteiger partial charge in [-0.2, -0.15) is 13.2 Å². The van der Waals surface area contributed by atoms with Crippen molar-refractivity contribution in [2.24, 2.45) is 5.92 Å². The molecule has 0 aliphatic heterocycles. The highest BCUT2D eigenvalue weighted by molar-refractivity contribution is 7.93. The lowest BCUT2D eigenvalue weighted by molar-refractivity contribution is -0.0442. The second-order valence-corrected chi connectivity index (χ2v) is 11.5. The van der Waals surface area contributed by atoms with E-state index in [1.807, 2.05) is 0 Å². The number of sulfone groups is 2. The van der Waals surface area contributed by atoms with Gasteiger partial charge in [-0.25, -0.2) is 34.4 Å². The Morgan fingerprint density at radius 1 is 0.839 bits per heavy atom. The maximum Gasteiger partial charge on any atom is 0.497 e. The van der Waals surface area contributed by atoms with Gasteiger partial charge in [0.25, 0.3) is 0 Å². The Morgan fingerprint density at radius 2 is 1.42 bits per heavy atom. The summed E-state index contributed by atoms with van der Waals surface area (Å²) in [5, 5.41) is 0. The Labute approximate surface area is 172 Å². The minimum Gasteiger partial charge on any atom is -0.223 e. The zero-order valence-electron chi connectivity index (χ0n) is 15.3. The maximum atomic E-state index is 14.5. The van der Waals surface area contributed by atoms with E-state index in [0.717, 1.165) is 0 Å². The van der Waals surface area contributed by atoms with Crippen molar-refractivity contribution < 1.29 is 47.6 Å². The Hall–Kier alpha value is -2.15. The molecular weight excluding hydrogens is 477 g/mol. The van der Waals surface area contributed by atoms with Crippen LogP contribution < -0.4 is 0 Å². The van der Waals surface area contributed by atoms with Gasteiger partial charge in [0, 0.05) is 5.56 Å². The molecule has 170 valence electrons. The standard InChI is InChI=1S/C18H13F7O4S2/c19-11-1-3-14(20)13(5-11)17(7-10(8-17)9-30(26,27)18(23,24)25)31(28,29)12-2-4-15(21)16(22)6-12/h1-6,10H,7-9H2. The molecule has 1 saturated carbocycles. The molecule has 0 radical (unpaired) electrons. The first-order valence-corrected chi connectivity index (χ1v) is 11.7. The van der Waals surface area contributed by atoms with Gasteiger partial charge in [-0.15, -0.1) is 0 Å². The van der Waals surface area contributed by atoms with Gasteiger partial charge >= 0.3 is 5.51 Å². The average Bonchev–Trinajstić information content (AvgIpc) is 2.61. The molecule has 0 unspecified atom stereocenters. The summed E-state index contributed by atoms with van der Waals surface area (Å²) >= 11 is 0. The maximum absolute atomic E-state index is 14.5. The quantitative estimate of drug-likeness (QED) is 0.464. The van der Waals surface area contributed by atoms with Crippen molar-refractivity contribution >= 4 is 19.7 Å². The van der Waals surface area contributed by atoms with E-state index in [2.05, 4.69) is 0 Å². The van der Waals surface area contributed by atoms with Crippen LogP contribution in [0.2, 0.25) is 0 Å². The summed E-state index contributed by atoms with van der Waals surface area (Å²) in [5.74, 6) is -8.00. The van der Waals surface area contributed by atoms with Gasteiger partial charge < -0.3 is 0 Å². The van der Waals surface area contributed by atoms with Crippen LogP contribution in [-0.4, -0.2) is 28.1 Å². The summed E-state index contributed by atoms with van der Waals surface area (Å²) in [6.07, 6.45) is -1.60. The SMILES string of the molecule is O=S(=O)(CC1CC(c2cc(F)ccc2F)(S(=O)(=O)c2ccc(F)c(F)c2)C1)C(F)(F)F. The smallest absolute Gasteiger partial charge is 0.223 e. The molecule has 2 aromatic rings. The van der Waals surface area contributed by atoms with E-state index in [9.17, 15) is 47.6 Å². The van der Waals surface area contributed by atoms with E-state index in [1.54, 1.807) is 0 Å². The summed E-state index contributed by atoms with van der Waals surface area (Å²) in [5.41, 5.74) is -6.31. The van der Waals surface area contributed by atoms with Gasteiger partial charge in [-0.1, -0.05) is 0 Å². The lowest BCUT2D eigenvalue weighted by atomic mass is 9.71. The van der Waals surface area contributed by atoms with E-state index in [-0.39, 0.29) is 0 Å². The van der Waals surface area contributed by atoms with Crippen molar-refractivity contribution in [3.8, 4) is 0 Å². The first-order valence-electron chi connectivity index (χ1n) is 8.55. The number of rotatable bonds is 5. The minimum atomic E-state index is -5.60. The van der Waals surface area contributed by atoms with Crippen LogP contribution in [0.25, 0.3) is 0 Å². The minimum absolute atomic E-state index is 0.309. The van der Waals surface area contributed by atoms with E-state index in [1.165, 1.54) is 0 Å². The normalized spacial score (nSPS) is 22.2. The Balaban J connectivity index is 2.10. The lowest BCUT2D eigenvalue weighted by Crippen LogP contribution is -2.51. The summed E-state index contributed by atoms with van der Waals surface area (Å²) < 4.78 is 140. The number of halogens is 7. The summed E-state index contributed by atoms with van der Waals surface area (Å²) in [7, 11) is -10.4.